The van der Waals surface area contributed by atoms with Gasteiger partial charge in [0.15, 0.2) is 0 Å². The summed E-state index contributed by atoms with van der Waals surface area (Å²) in [4.78, 5) is 8.40. The largest absolute Gasteiger partial charge is 0.340 e. The maximum absolute atomic E-state index is 8.94. The molecule has 0 aliphatic rings. The van der Waals surface area contributed by atoms with Crippen molar-refractivity contribution in [2.45, 2.75) is 0 Å². The quantitative estimate of drug-likeness (QED) is 0.706. The maximum Gasteiger partial charge on any atom is 0.135 e. The molecule has 6 heteroatoms. The van der Waals surface area contributed by atoms with Gasteiger partial charge in [-0.1, -0.05) is 22.0 Å². The first kappa shape index (κ1) is 15.0. The monoisotopic (exact) mass is 365 g/mol. The van der Waals surface area contributed by atoms with Gasteiger partial charge in [-0.2, -0.15) is 5.26 Å². The van der Waals surface area contributed by atoms with E-state index in [1.807, 2.05) is 36.4 Å². The van der Waals surface area contributed by atoms with Crippen molar-refractivity contribution in [2.75, 3.05) is 10.6 Å². The molecule has 0 bridgehead atoms. The van der Waals surface area contributed by atoms with E-state index in [2.05, 4.69) is 42.6 Å². The van der Waals surface area contributed by atoms with Gasteiger partial charge in [-0.15, -0.1) is 0 Å². The second-order valence-electron chi connectivity index (χ2n) is 4.74. The van der Waals surface area contributed by atoms with Crippen LogP contribution >= 0.6 is 15.9 Å². The number of rotatable bonds is 4. The Bertz CT molecular complexity index is 855. The van der Waals surface area contributed by atoms with E-state index >= 15 is 0 Å². The summed E-state index contributed by atoms with van der Waals surface area (Å²) in [6.07, 6.45) is 1.48. The van der Waals surface area contributed by atoms with E-state index in [4.69, 9.17) is 5.26 Å². The lowest BCUT2D eigenvalue weighted by Crippen LogP contribution is -1.98. The molecule has 2 aromatic carbocycles. The molecule has 0 unspecified atom stereocenters. The fourth-order valence-corrected chi connectivity index (χ4v) is 2.25. The summed E-state index contributed by atoms with van der Waals surface area (Å²) in [5.74, 6) is 1.33. The Kier molecular flexibility index (Phi) is 4.50. The Hall–Kier alpha value is -2.91. The number of halogens is 1. The fraction of sp³-hybridized carbons (Fsp3) is 0. The van der Waals surface area contributed by atoms with Gasteiger partial charge in [0.05, 0.1) is 11.6 Å². The number of nitriles is 1. The van der Waals surface area contributed by atoms with Crippen molar-refractivity contribution in [3.8, 4) is 6.07 Å². The maximum atomic E-state index is 8.94. The number of hydrogen-bond acceptors (Lipinski definition) is 5. The van der Waals surface area contributed by atoms with Crippen molar-refractivity contribution in [1.82, 2.24) is 9.97 Å². The highest BCUT2D eigenvalue weighted by atomic mass is 79.9. The van der Waals surface area contributed by atoms with Crippen molar-refractivity contribution in [1.29, 1.82) is 5.26 Å². The first-order valence-electron chi connectivity index (χ1n) is 6.85. The van der Waals surface area contributed by atoms with Crippen LogP contribution in [0.1, 0.15) is 5.56 Å². The Balaban J connectivity index is 1.77. The van der Waals surface area contributed by atoms with Gasteiger partial charge in [-0.05, 0) is 42.5 Å². The van der Waals surface area contributed by atoms with Gasteiger partial charge in [0, 0.05) is 21.9 Å². The predicted octanol–water partition coefficient (Wildman–Crippen LogP) is 4.60. The molecule has 0 spiro atoms. The van der Waals surface area contributed by atoms with Crippen LogP contribution < -0.4 is 10.6 Å². The highest BCUT2D eigenvalue weighted by molar-refractivity contribution is 9.10. The van der Waals surface area contributed by atoms with Crippen LogP contribution in [0.25, 0.3) is 0 Å². The molecule has 3 aromatic rings. The number of benzene rings is 2. The smallest absolute Gasteiger partial charge is 0.135 e. The van der Waals surface area contributed by atoms with E-state index in [0.29, 0.717) is 17.2 Å². The van der Waals surface area contributed by atoms with Gasteiger partial charge in [-0.3, -0.25) is 0 Å². The lowest BCUT2D eigenvalue weighted by molar-refractivity contribution is 1.17. The average Bonchev–Trinajstić information content (AvgIpc) is 2.57. The molecule has 0 saturated carbocycles. The molecule has 0 aliphatic heterocycles. The first-order valence-corrected chi connectivity index (χ1v) is 7.64. The minimum atomic E-state index is 0.595. The van der Waals surface area contributed by atoms with Gasteiger partial charge in [0.1, 0.15) is 18.0 Å². The van der Waals surface area contributed by atoms with Gasteiger partial charge in [0.25, 0.3) is 0 Å². The zero-order valence-corrected chi connectivity index (χ0v) is 13.6. The molecule has 5 nitrogen and oxygen atoms in total. The van der Waals surface area contributed by atoms with Crippen LogP contribution in [0, 0.1) is 11.3 Å². The van der Waals surface area contributed by atoms with E-state index in [9.17, 15) is 0 Å². The molecular weight excluding hydrogens is 354 g/mol. The molecule has 0 atom stereocenters. The summed E-state index contributed by atoms with van der Waals surface area (Å²) in [6, 6.07) is 19.0. The molecule has 0 amide bonds. The third-order valence-corrected chi connectivity index (χ3v) is 3.58. The molecule has 0 fully saturated rings. The highest BCUT2D eigenvalue weighted by Gasteiger charge is 2.01. The molecule has 112 valence electrons. The SMILES string of the molecule is N#Cc1cccc(Nc2cc(Nc3ccc(Br)cc3)ncn2)c1. The molecule has 0 radical (unpaired) electrons. The Morgan fingerprint density at radius 1 is 0.870 bits per heavy atom. The number of anilines is 4. The molecule has 2 N–H and O–H groups in total. The van der Waals surface area contributed by atoms with Crippen LogP contribution in [-0.2, 0) is 0 Å². The summed E-state index contributed by atoms with van der Waals surface area (Å²) in [5.41, 5.74) is 2.33. The summed E-state index contributed by atoms with van der Waals surface area (Å²) in [6.45, 7) is 0. The van der Waals surface area contributed by atoms with Crippen molar-refractivity contribution in [3.63, 3.8) is 0 Å². The molecule has 23 heavy (non-hydrogen) atoms. The lowest BCUT2D eigenvalue weighted by atomic mass is 10.2. The number of hydrogen-bond donors (Lipinski definition) is 2. The zero-order valence-electron chi connectivity index (χ0n) is 12.0. The van der Waals surface area contributed by atoms with E-state index in [-0.39, 0.29) is 0 Å². The van der Waals surface area contributed by atoms with Gasteiger partial charge < -0.3 is 10.6 Å². The Labute approximate surface area is 142 Å². The first-order chi connectivity index (χ1) is 11.2. The summed E-state index contributed by atoms with van der Waals surface area (Å²) in [7, 11) is 0. The third-order valence-electron chi connectivity index (χ3n) is 3.05. The fourth-order valence-electron chi connectivity index (χ4n) is 1.99. The van der Waals surface area contributed by atoms with E-state index < -0.39 is 0 Å². The minimum Gasteiger partial charge on any atom is -0.340 e. The van der Waals surface area contributed by atoms with Gasteiger partial charge in [-0.25, -0.2) is 9.97 Å². The van der Waals surface area contributed by atoms with Crippen LogP contribution in [0.2, 0.25) is 0 Å². The van der Waals surface area contributed by atoms with Gasteiger partial charge in [0.2, 0.25) is 0 Å². The normalized spacial score (nSPS) is 9.91. The number of nitrogens with one attached hydrogen (secondary N) is 2. The predicted molar refractivity (Wildman–Crippen MR) is 93.9 cm³/mol. The van der Waals surface area contributed by atoms with E-state index in [0.717, 1.165) is 15.8 Å². The third kappa shape index (κ3) is 4.05. The molecule has 1 aromatic heterocycles. The minimum absolute atomic E-state index is 0.595. The van der Waals surface area contributed by atoms with Crippen molar-refractivity contribution in [3.05, 3.63) is 71.0 Å². The zero-order chi connectivity index (χ0) is 16.1. The Morgan fingerprint density at radius 3 is 2.26 bits per heavy atom. The van der Waals surface area contributed by atoms with Crippen LogP contribution in [0.3, 0.4) is 0 Å². The Morgan fingerprint density at radius 2 is 1.57 bits per heavy atom. The standard InChI is InChI=1S/C17H12BrN5/c18-13-4-6-14(7-5-13)22-16-9-17(21-11-20-16)23-15-3-1-2-12(8-15)10-19/h1-9,11H,(H2,20,21,22,23). The van der Waals surface area contributed by atoms with E-state index in [1.165, 1.54) is 6.33 Å². The van der Waals surface area contributed by atoms with Crippen LogP contribution in [0.15, 0.2) is 65.4 Å². The molecule has 0 aliphatic carbocycles. The van der Waals surface area contributed by atoms with Crippen LogP contribution in [0.4, 0.5) is 23.0 Å². The van der Waals surface area contributed by atoms with Crippen molar-refractivity contribution < 1.29 is 0 Å². The number of nitrogens with zero attached hydrogens (tertiary/aromatic N) is 3. The highest BCUT2D eigenvalue weighted by Crippen LogP contribution is 2.21. The van der Waals surface area contributed by atoms with E-state index in [1.54, 1.807) is 18.2 Å². The van der Waals surface area contributed by atoms with Crippen LogP contribution in [-0.4, -0.2) is 9.97 Å². The number of aromatic nitrogens is 2. The summed E-state index contributed by atoms with van der Waals surface area (Å²) >= 11 is 3.40. The summed E-state index contributed by atoms with van der Waals surface area (Å²) < 4.78 is 1.02. The van der Waals surface area contributed by atoms with Crippen molar-refractivity contribution >= 4 is 38.9 Å². The van der Waals surface area contributed by atoms with Crippen LogP contribution in [0.5, 0.6) is 0 Å². The second-order valence-corrected chi connectivity index (χ2v) is 5.65. The lowest BCUT2D eigenvalue weighted by Gasteiger charge is -2.09. The van der Waals surface area contributed by atoms with Gasteiger partial charge >= 0.3 is 0 Å². The average molecular weight is 366 g/mol. The second kappa shape index (κ2) is 6.90. The molecule has 0 saturated heterocycles. The topological polar surface area (TPSA) is 73.6 Å². The summed E-state index contributed by atoms with van der Waals surface area (Å²) in [5, 5.41) is 15.3. The van der Waals surface area contributed by atoms with Crippen molar-refractivity contribution in [2.24, 2.45) is 0 Å². The molecule has 1 heterocycles. The molecule has 3 rings (SSSR count). The molecular formula is C17H12BrN5.